The summed E-state index contributed by atoms with van der Waals surface area (Å²) in [6.45, 7) is 5.98. The summed E-state index contributed by atoms with van der Waals surface area (Å²) in [7, 11) is 0. The van der Waals surface area contributed by atoms with Gasteiger partial charge in [0.05, 0.1) is 0 Å². The number of halogens is 1. The predicted molar refractivity (Wildman–Crippen MR) is 89.8 cm³/mol. The zero-order valence-corrected chi connectivity index (χ0v) is 13.8. The van der Waals surface area contributed by atoms with Gasteiger partial charge >= 0.3 is 0 Å². The van der Waals surface area contributed by atoms with Crippen LogP contribution in [0.2, 0.25) is 5.02 Å². The molecule has 0 saturated carbocycles. The molecule has 1 aromatic heterocycles. The number of thiazole rings is 1. The lowest BCUT2D eigenvalue weighted by Gasteiger charge is -2.06. The molecule has 0 bridgehead atoms. The van der Waals surface area contributed by atoms with Crippen LogP contribution in [0.1, 0.15) is 35.5 Å². The number of benzene rings is 1. The van der Waals surface area contributed by atoms with Gasteiger partial charge < -0.3 is 11.1 Å². The number of carbonyl (C=O) groups excluding carboxylic acids is 1. The third-order valence-corrected chi connectivity index (χ3v) is 4.20. The zero-order chi connectivity index (χ0) is 15.6. The Morgan fingerprint density at radius 1 is 1.48 bits per heavy atom. The van der Waals surface area contributed by atoms with Crippen molar-refractivity contribution in [2.75, 3.05) is 11.1 Å². The number of nitrogens with two attached hydrogens (primary N) is 1. The van der Waals surface area contributed by atoms with Crippen LogP contribution in [0.25, 0.3) is 0 Å². The molecule has 2 aromatic rings. The fraction of sp³-hybridized carbons (Fsp3) is 0.333. The number of aromatic nitrogens is 1. The number of hydrogen-bond donors (Lipinski definition) is 2. The van der Waals surface area contributed by atoms with Crippen molar-refractivity contribution in [2.45, 2.75) is 27.2 Å². The van der Waals surface area contributed by atoms with E-state index in [0.717, 1.165) is 11.3 Å². The second-order valence-electron chi connectivity index (χ2n) is 5.34. The van der Waals surface area contributed by atoms with E-state index in [4.69, 9.17) is 17.3 Å². The van der Waals surface area contributed by atoms with Crippen LogP contribution in [-0.2, 0) is 0 Å². The number of nitrogens with zero attached hydrogens (tertiary/aromatic N) is 1. The minimum absolute atomic E-state index is 0.0378. The van der Waals surface area contributed by atoms with E-state index in [1.165, 1.54) is 11.3 Å². The summed E-state index contributed by atoms with van der Waals surface area (Å²) < 4.78 is 0. The lowest BCUT2D eigenvalue weighted by Crippen LogP contribution is -2.04. The molecule has 112 valence electrons. The summed E-state index contributed by atoms with van der Waals surface area (Å²) in [6, 6.07) is 5.58. The molecule has 0 unspecified atom stereocenters. The largest absolute Gasteiger partial charge is 0.382 e. The highest BCUT2D eigenvalue weighted by atomic mass is 35.5. The summed E-state index contributed by atoms with van der Waals surface area (Å²) in [5.74, 6) is 0.620. The molecule has 0 fully saturated rings. The van der Waals surface area contributed by atoms with E-state index in [1.807, 2.05) is 39.0 Å². The predicted octanol–water partition coefficient (Wildman–Crippen LogP) is 4.66. The van der Waals surface area contributed by atoms with Gasteiger partial charge in [-0.15, -0.1) is 0 Å². The van der Waals surface area contributed by atoms with E-state index in [-0.39, 0.29) is 11.6 Å². The number of nitrogens with one attached hydrogen (secondary N) is 1. The molecule has 0 amide bonds. The molecule has 0 aliphatic heterocycles. The molecular formula is C15H18ClN3OS. The first-order valence-corrected chi connectivity index (χ1v) is 7.89. The SMILES string of the molecule is Cc1ccc(Cl)cc1Nc1nc(N)c(C(=O)CC(C)C)s1. The quantitative estimate of drug-likeness (QED) is 0.785. The van der Waals surface area contributed by atoms with Gasteiger partial charge in [0.2, 0.25) is 0 Å². The van der Waals surface area contributed by atoms with Crippen molar-refractivity contribution in [3.8, 4) is 0 Å². The monoisotopic (exact) mass is 323 g/mol. The molecule has 0 aliphatic carbocycles. The molecule has 0 aliphatic rings. The molecule has 1 aromatic carbocycles. The van der Waals surface area contributed by atoms with E-state index in [9.17, 15) is 4.79 Å². The van der Waals surface area contributed by atoms with E-state index >= 15 is 0 Å². The first kappa shape index (κ1) is 15.8. The van der Waals surface area contributed by atoms with Gasteiger partial charge in [-0.1, -0.05) is 42.9 Å². The van der Waals surface area contributed by atoms with Crippen molar-refractivity contribution in [1.82, 2.24) is 4.98 Å². The second-order valence-corrected chi connectivity index (χ2v) is 6.77. The van der Waals surface area contributed by atoms with Crippen LogP contribution in [0.15, 0.2) is 18.2 Å². The first-order chi connectivity index (χ1) is 9.86. The molecule has 4 nitrogen and oxygen atoms in total. The lowest BCUT2D eigenvalue weighted by atomic mass is 10.1. The van der Waals surface area contributed by atoms with Gasteiger partial charge in [-0.2, -0.15) is 0 Å². The van der Waals surface area contributed by atoms with Crippen molar-refractivity contribution < 1.29 is 4.79 Å². The minimum atomic E-state index is 0.0378. The third-order valence-electron chi connectivity index (χ3n) is 2.94. The smallest absolute Gasteiger partial charge is 0.189 e. The Morgan fingerprint density at radius 3 is 2.86 bits per heavy atom. The summed E-state index contributed by atoms with van der Waals surface area (Å²) in [5.41, 5.74) is 7.76. The molecule has 0 atom stereocenters. The minimum Gasteiger partial charge on any atom is -0.382 e. The van der Waals surface area contributed by atoms with Gasteiger partial charge in [-0.05, 0) is 30.5 Å². The number of hydrogen-bond acceptors (Lipinski definition) is 5. The van der Waals surface area contributed by atoms with Crippen molar-refractivity contribution in [2.24, 2.45) is 5.92 Å². The van der Waals surface area contributed by atoms with Crippen molar-refractivity contribution >= 4 is 45.4 Å². The van der Waals surface area contributed by atoms with Crippen LogP contribution < -0.4 is 11.1 Å². The molecule has 0 radical (unpaired) electrons. The molecule has 3 N–H and O–H groups in total. The zero-order valence-electron chi connectivity index (χ0n) is 12.2. The van der Waals surface area contributed by atoms with Crippen molar-refractivity contribution in [3.63, 3.8) is 0 Å². The maximum atomic E-state index is 12.1. The van der Waals surface area contributed by atoms with Gasteiger partial charge in [-0.3, -0.25) is 4.79 Å². The second kappa shape index (κ2) is 6.45. The third kappa shape index (κ3) is 3.95. The van der Waals surface area contributed by atoms with E-state index in [1.54, 1.807) is 0 Å². The molecule has 1 heterocycles. The lowest BCUT2D eigenvalue weighted by molar-refractivity contribution is 0.0972. The van der Waals surface area contributed by atoms with Crippen LogP contribution in [0.3, 0.4) is 0 Å². The molecule has 6 heteroatoms. The molecule has 0 spiro atoms. The molecule has 2 rings (SSSR count). The van der Waals surface area contributed by atoms with Gasteiger partial charge in [0.1, 0.15) is 10.7 Å². The molecule has 21 heavy (non-hydrogen) atoms. The molecular weight excluding hydrogens is 306 g/mol. The Labute approximate surface area is 133 Å². The van der Waals surface area contributed by atoms with Crippen molar-refractivity contribution in [1.29, 1.82) is 0 Å². The number of nitrogen functional groups attached to an aromatic ring is 1. The van der Waals surface area contributed by atoms with Crippen LogP contribution in [0, 0.1) is 12.8 Å². The maximum Gasteiger partial charge on any atom is 0.189 e. The van der Waals surface area contributed by atoms with E-state index in [2.05, 4.69) is 10.3 Å². The fourth-order valence-corrected chi connectivity index (χ4v) is 2.91. The van der Waals surface area contributed by atoms with Crippen LogP contribution in [0.4, 0.5) is 16.6 Å². The van der Waals surface area contributed by atoms with Gasteiger partial charge in [-0.25, -0.2) is 4.98 Å². The van der Waals surface area contributed by atoms with Gasteiger partial charge in [0, 0.05) is 17.1 Å². The van der Waals surface area contributed by atoms with Crippen LogP contribution in [0.5, 0.6) is 0 Å². The first-order valence-electron chi connectivity index (χ1n) is 6.69. The number of aryl methyl sites for hydroxylation is 1. The van der Waals surface area contributed by atoms with Gasteiger partial charge in [0.25, 0.3) is 0 Å². The highest BCUT2D eigenvalue weighted by Gasteiger charge is 2.17. The number of ketones is 1. The number of anilines is 3. The van der Waals surface area contributed by atoms with Crippen LogP contribution >= 0.6 is 22.9 Å². The fourth-order valence-electron chi connectivity index (χ4n) is 1.89. The Morgan fingerprint density at radius 2 is 2.19 bits per heavy atom. The number of rotatable bonds is 5. The van der Waals surface area contributed by atoms with Gasteiger partial charge in [0.15, 0.2) is 10.9 Å². The van der Waals surface area contributed by atoms with Crippen LogP contribution in [-0.4, -0.2) is 10.8 Å². The number of carbonyl (C=O) groups is 1. The van der Waals surface area contributed by atoms with Crippen molar-refractivity contribution in [3.05, 3.63) is 33.7 Å². The Hall–Kier alpha value is -1.59. The average Bonchev–Trinajstić information content (AvgIpc) is 2.74. The average molecular weight is 324 g/mol. The highest BCUT2D eigenvalue weighted by molar-refractivity contribution is 7.18. The summed E-state index contributed by atoms with van der Waals surface area (Å²) in [4.78, 5) is 16.8. The Bertz CT molecular complexity index is 667. The standard InChI is InChI=1S/C15H18ClN3OS/c1-8(2)6-12(20)13-14(17)19-15(21-13)18-11-7-10(16)5-4-9(11)3/h4-5,7-8H,6,17H2,1-3H3,(H,18,19). The summed E-state index contributed by atoms with van der Waals surface area (Å²) >= 11 is 7.27. The number of Topliss-reactive ketones (excluding diaryl/α,β-unsaturated/α-hetero) is 1. The topological polar surface area (TPSA) is 68.0 Å². The normalized spacial score (nSPS) is 10.9. The van der Waals surface area contributed by atoms with E-state index < -0.39 is 0 Å². The van der Waals surface area contributed by atoms with E-state index in [0.29, 0.717) is 27.4 Å². The Kier molecular flexibility index (Phi) is 4.85. The highest BCUT2D eigenvalue weighted by Crippen LogP contribution is 2.31. The summed E-state index contributed by atoms with van der Waals surface area (Å²) in [5, 5.41) is 4.42. The summed E-state index contributed by atoms with van der Waals surface area (Å²) in [6.07, 6.45) is 0.474. The molecule has 0 saturated heterocycles. The maximum absolute atomic E-state index is 12.1. The Balaban J connectivity index is 2.22.